The Hall–Kier alpha value is -0.970. The monoisotopic (exact) mass is 424 g/mol. The molecule has 0 atom stereocenters. The lowest BCUT2D eigenvalue weighted by molar-refractivity contribution is 0.0977. The van der Waals surface area contributed by atoms with Crippen LogP contribution in [0.2, 0.25) is 8.67 Å². The topological polar surface area (TPSA) is 76.1 Å². The smallest absolute Gasteiger partial charge is 0.266 e. The van der Waals surface area contributed by atoms with E-state index >= 15 is 0 Å². The van der Waals surface area contributed by atoms with Crippen molar-refractivity contribution in [2.45, 2.75) is 4.90 Å². The molecule has 0 fully saturated rings. The fourth-order valence-corrected chi connectivity index (χ4v) is 6.26. The highest BCUT2D eigenvalue weighted by atomic mass is 35.5. The summed E-state index contributed by atoms with van der Waals surface area (Å²) in [5, 5.41) is 5.93. The Morgan fingerprint density at radius 3 is 2.65 bits per heavy atom. The van der Waals surface area contributed by atoms with Crippen molar-refractivity contribution in [1.29, 1.82) is 0 Å². The summed E-state index contributed by atoms with van der Waals surface area (Å²) in [7, 11) is -4.10. The van der Waals surface area contributed by atoms with Gasteiger partial charge in [0.15, 0.2) is 0 Å². The molecule has 1 N–H and O–H groups in total. The molecule has 3 rings (SSSR count). The number of halogens is 2. The zero-order valence-electron chi connectivity index (χ0n) is 10.9. The van der Waals surface area contributed by atoms with Gasteiger partial charge in [0.05, 0.1) is 4.34 Å². The molecule has 0 aliphatic carbocycles. The minimum absolute atomic E-state index is 0.00691. The highest BCUT2D eigenvalue weighted by Crippen LogP contribution is 2.34. The molecule has 0 saturated carbocycles. The molecule has 120 valence electrons. The average molecular weight is 425 g/mol. The van der Waals surface area contributed by atoms with Crippen LogP contribution in [-0.4, -0.2) is 19.3 Å². The minimum Gasteiger partial charge on any atom is -0.266 e. The number of rotatable bonds is 4. The maximum absolute atomic E-state index is 12.2. The molecule has 0 spiro atoms. The van der Waals surface area contributed by atoms with Crippen LogP contribution in [0.15, 0.2) is 33.2 Å². The van der Waals surface area contributed by atoms with Gasteiger partial charge in [-0.3, -0.25) is 4.79 Å². The molecular weight excluding hydrogens is 419 g/mol. The van der Waals surface area contributed by atoms with Gasteiger partial charge in [0, 0.05) is 16.3 Å². The third-order valence-corrected chi connectivity index (χ3v) is 7.31. The van der Waals surface area contributed by atoms with Crippen molar-refractivity contribution in [2.75, 3.05) is 0 Å². The lowest BCUT2D eigenvalue weighted by Gasteiger charge is -2.03. The van der Waals surface area contributed by atoms with Gasteiger partial charge < -0.3 is 0 Å². The Bertz CT molecular complexity index is 961. The molecule has 0 radical (unpaired) electrons. The maximum Gasteiger partial charge on any atom is 0.284 e. The van der Waals surface area contributed by atoms with Crippen LogP contribution in [0.4, 0.5) is 0 Å². The second-order valence-corrected chi connectivity index (χ2v) is 9.75. The number of hydrogen-bond donors (Lipinski definition) is 1. The van der Waals surface area contributed by atoms with Crippen LogP contribution in [0.25, 0.3) is 10.6 Å². The Kier molecular flexibility index (Phi) is 4.77. The van der Waals surface area contributed by atoms with Crippen molar-refractivity contribution in [2.24, 2.45) is 0 Å². The molecule has 5 nitrogen and oxygen atoms in total. The lowest BCUT2D eigenvalue weighted by atomic mass is 10.3. The van der Waals surface area contributed by atoms with Gasteiger partial charge >= 0.3 is 0 Å². The number of carbonyl (C=O) groups is 1. The van der Waals surface area contributed by atoms with Gasteiger partial charge in [-0.05, 0) is 17.5 Å². The average Bonchev–Trinajstić information content (AvgIpc) is 3.16. The molecule has 0 saturated heterocycles. The SMILES string of the molecule is O=C(NS(=O)(=O)c1cc(Cl)sc1Cl)c1csc(-c2ccsc2)n1. The summed E-state index contributed by atoms with van der Waals surface area (Å²) < 4.78 is 26.5. The first-order chi connectivity index (χ1) is 10.9. The molecule has 0 aliphatic heterocycles. The van der Waals surface area contributed by atoms with Crippen molar-refractivity contribution in [1.82, 2.24) is 9.71 Å². The van der Waals surface area contributed by atoms with Gasteiger partial charge in [-0.1, -0.05) is 23.2 Å². The summed E-state index contributed by atoms with van der Waals surface area (Å²) in [6.07, 6.45) is 0. The summed E-state index contributed by atoms with van der Waals surface area (Å²) in [5.41, 5.74) is 0.909. The lowest BCUT2D eigenvalue weighted by Crippen LogP contribution is -2.30. The molecule has 0 aromatic carbocycles. The molecule has 3 aromatic rings. The summed E-state index contributed by atoms with van der Waals surface area (Å²) in [4.78, 5) is 16.0. The van der Waals surface area contributed by atoms with Crippen LogP contribution in [0, 0.1) is 0 Å². The quantitative estimate of drug-likeness (QED) is 0.674. The van der Waals surface area contributed by atoms with E-state index in [4.69, 9.17) is 23.2 Å². The Morgan fingerprint density at radius 1 is 1.26 bits per heavy atom. The summed E-state index contributed by atoms with van der Waals surface area (Å²) >= 11 is 15.2. The highest BCUT2D eigenvalue weighted by Gasteiger charge is 2.25. The predicted octanol–water partition coefficient (Wildman–Crippen LogP) is 4.36. The number of amides is 1. The number of thiazole rings is 1. The number of nitrogens with zero attached hydrogens (tertiary/aromatic N) is 1. The Balaban J connectivity index is 1.83. The van der Waals surface area contributed by atoms with Crippen LogP contribution < -0.4 is 4.72 Å². The van der Waals surface area contributed by atoms with Crippen molar-refractivity contribution < 1.29 is 13.2 Å². The minimum atomic E-state index is -4.10. The van der Waals surface area contributed by atoms with Crippen molar-refractivity contribution in [3.05, 3.63) is 42.6 Å². The molecule has 3 aromatic heterocycles. The predicted molar refractivity (Wildman–Crippen MR) is 94.4 cm³/mol. The first-order valence-electron chi connectivity index (χ1n) is 5.87. The third kappa shape index (κ3) is 3.59. The first-order valence-corrected chi connectivity index (χ1v) is 10.7. The van der Waals surface area contributed by atoms with Crippen molar-refractivity contribution >= 4 is 73.1 Å². The number of hydrogen-bond acceptors (Lipinski definition) is 7. The van der Waals surface area contributed by atoms with Gasteiger partial charge in [0.1, 0.15) is 19.9 Å². The summed E-state index contributed by atoms with van der Waals surface area (Å²) in [5.74, 6) is -0.818. The standard InChI is InChI=1S/C12H6Cl2N2O3S4/c13-9-3-8(10(14)22-9)23(18,19)16-11(17)7-5-21-12(15-7)6-1-2-20-4-6/h1-5H,(H,16,17). The van der Waals surface area contributed by atoms with E-state index in [1.54, 1.807) is 0 Å². The molecule has 0 bridgehead atoms. The number of sulfonamides is 1. The van der Waals surface area contributed by atoms with Crippen LogP contribution >= 0.6 is 57.2 Å². The van der Waals surface area contributed by atoms with Gasteiger partial charge in [-0.2, -0.15) is 11.3 Å². The Morgan fingerprint density at radius 2 is 2.04 bits per heavy atom. The van der Waals surface area contributed by atoms with E-state index in [-0.39, 0.29) is 19.3 Å². The van der Waals surface area contributed by atoms with E-state index < -0.39 is 15.9 Å². The number of thiophene rings is 2. The van der Waals surface area contributed by atoms with E-state index in [0.29, 0.717) is 5.01 Å². The number of nitrogens with one attached hydrogen (secondary N) is 1. The van der Waals surface area contributed by atoms with E-state index in [9.17, 15) is 13.2 Å². The Labute approximate surface area is 153 Å². The number of aromatic nitrogens is 1. The fourth-order valence-electron chi connectivity index (χ4n) is 1.63. The summed E-state index contributed by atoms with van der Waals surface area (Å²) in [6.45, 7) is 0. The molecule has 11 heteroatoms. The van der Waals surface area contributed by atoms with Crippen LogP contribution in [0.3, 0.4) is 0 Å². The molecular formula is C12H6Cl2N2O3S4. The molecule has 3 heterocycles. The molecule has 0 aliphatic rings. The maximum atomic E-state index is 12.2. The molecule has 0 unspecified atom stereocenters. The van der Waals surface area contributed by atoms with E-state index in [2.05, 4.69) is 4.98 Å². The van der Waals surface area contributed by atoms with Gasteiger partial charge in [0.2, 0.25) is 0 Å². The van der Waals surface area contributed by atoms with Gasteiger partial charge in [-0.25, -0.2) is 18.1 Å². The van der Waals surface area contributed by atoms with Crippen LogP contribution in [0.1, 0.15) is 10.5 Å². The van der Waals surface area contributed by atoms with Crippen LogP contribution in [-0.2, 0) is 10.0 Å². The highest BCUT2D eigenvalue weighted by molar-refractivity contribution is 7.90. The van der Waals surface area contributed by atoms with Crippen LogP contribution in [0.5, 0.6) is 0 Å². The van der Waals surface area contributed by atoms with E-state index in [1.165, 1.54) is 34.1 Å². The fraction of sp³-hybridized carbons (Fsp3) is 0. The van der Waals surface area contributed by atoms with E-state index in [0.717, 1.165) is 16.9 Å². The normalized spacial score (nSPS) is 11.6. The van der Waals surface area contributed by atoms with E-state index in [1.807, 2.05) is 21.5 Å². The first kappa shape index (κ1) is 16.9. The molecule has 23 heavy (non-hydrogen) atoms. The van der Waals surface area contributed by atoms with Crippen molar-refractivity contribution in [3.8, 4) is 10.6 Å². The second kappa shape index (κ2) is 6.50. The largest absolute Gasteiger partial charge is 0.284 e. The zero-order valence-corrected chi connectivity index (χ0v) is 15.7. The van der Waals surface area contributed by atoms with Gasteiger partial charge in [-0.15, -0.1) is 22.7 Å². The third-order valence-electron chi connectivity index (χ3n) is 2.65. The molecule has 1 amide bonds. The van der Waals surface area contributed by atoms with Gasteiger partial charge in [0.25, 0.3) is 15.9 Å². The van der Waals surface area contributed by atoms with Crippen molar-refractivity contribution in [3.63, 3.8) is 0 Å². The second-order valence-electron chi connectivity index (χ2n) is 4.17. The zero-order chi connectivity index (χ0) is 16.6. The number of carbonyl (C=O) groups excluding carboxylic acids is 1. The summed E-state index contributed by atoms with van der Waals surface area (Å²) in [6, 6.07) is 3.07.